The molecule has 0 atom stereocenters. The van der Waals surface area contributed by atoms with Crippen molar-refractivity contribution in [2.24, 2.45) is 0 Å². The van der Waals surface area contributed by atoms with Crippen molar-refractivity contribution in [1.29, 1.82) is 0 Å². The van der Waals surface area contributed by atoms with Gasteiger partial charge in [-0.1, -0.05) is 11.8 Å². The van der Waals surface area contributed by atoms with E-state index in [9.17, 15) is 0 Å². The lowest BCUT2D eigenvalue weighted by atomic mass is 10.3. The Kier molecular flexibility index (Phi) is 3.94. The van der Waals surface area contributed by atoms with Crippen LogP contribution < -0.4 is 4.74 Å². The van der Waals surface area contributed by atoms with Crippen LogP contribution in [0.15, 0.2) is 23.4 Å². The van der Waals surface area contributed by atoms with E-state index < -0.39 is 0 Å². The van der Waals surface area contributed by atoms with Crippen LogP contribution in [0.5, 0.6) is 5.75 Å². The van der Waals surface area contributed by atoms with Crippen LogP contribution in [-0.4, -0.2) is 47.4 Å². The third-order valence-electron chi connectivity index (χ3n) is 3.51. The second-order valence-corrected chi connectivity index (χ2v) is 5.91. The van der Waals surface area contributed by atoms with Crippen LogP contribution in [0.3, 0.4) is 0 Å². The first-order valence-corrected chi connectivity index (χ1v) is 7.72. The van der Waals surface area contributed by atoms with Crippen molar-refractivity contribution in [1.82, 2.24) is 14.9 Å². The maximum atomic E-state index is 5.22. The van der Waals surface area contributed by atoms with Crippen molar-refractivity contribution in [2.75, 3.05) is 32.5 Å². The van der Waals surface area contributed by atoms with E-state index in [-0.39, 0.29) is 0 Å². The molecule has 0 radical (unpaired) electrons. The maximum Gasteiger partial charge on any atom is 0.166 e. The Hall–Kier alpha value is -1.20. The summed E-state index contributed by atoms with van der Waals surface area (Å²) in [6, 6.07) is 5.93. The van der Waals surface area contributed by atoms with Gasteiger partial charge < -0.3 is 14.6 Å². The number of nitrogens with zero attached hydrogens (tertiary/aromatic N) is 2. The van der Waals surface area contributed by atoms with Crippen LogP contribution in [-0.2, 0) is 0 Å². The molecule has 1 fully saturated rings. The van der Waals surface area contributed by atoms with Gasteiger partial charge in [-0.15, -0.1) is 0 Å². The summed E-state index contributed by atoms with van der Waals surface area (Å²) in [4.78, 5) is 10.5. The quantitative estimate of drug-likeness (QED) is 0.853. The minimum Gasteiger partial charge on any atom is -0.497 e. The first-order chi connectivity index (χ1) is 9.35. The average Bonchev–Trinajstić information content (AvgIpc) is 3.06. The third kappa shape index (κ3) is 3.04. The molecule has 19 heavy (non-hydrogen) atoms. The van der Waals surface area contributed by atoms with E-state index in [2.05, 4.69) is 14.9 Å². The predicted octanol–water partition coefficient (Wildman–Crippen LogP) is 2.76. The van der Waals surface area contributed by atoms with Crippen molar-refractivity contribution in [3.63, 3.8) is 0 Å². The molecule has 5 heteroatoms. The minimum atomic E-state index is 0.866. The van der Waals surface area contributed by atoms with Gasteiger partial charge in [0.25, 0.3) is 0 Å². The highest BCUT2D eigenvalue weighted by Crippen LogP contribution is 2.23. The molecule has 0 amide bonds. The molecule has 1 aliphatic heterocycles. The van der Waals surface area contributed by atoms with E-state index in [0.29, 0.717) is 0 Å². The summed E-state index contributed by atoms with van der Waals surface area (Å²) in [5.41, 5.74) is 2.05. The molecular weight excluding hydrogens is 258 g/mol. The fraction of sp³-hybridized carbons (Fsp3) is 0.500. The van der Waals surface area contributed by atoms with E-state index in [1.54, 1.807) is 18.9 Å². The van der Waals surface area contributed by atoms with Gasteiger partial charge in [-0.3, -0.25) is 0 Å². The lowest BCUT2D eigenvalue weighted by Crippen LogP contribution is -2.21. The Morgan fingerprint density at radius 3 is 3.00 bits per heavy atom. The molecule has 102 valence electrons. The first-order valence-electron chi connectivity index (χ1n) is 6.74. The van der Waals surface area contributed by atoms with Crippen LogP contribution in [0.1, 0.15) is 12.8 Å². The average molecular weight is 277 g/mol. The minimum absolute atomic E-state index is 0.866. The van der Waals surface area contributed by atoms with Gasteiger partial charge in [0.2, 0.25) is 0 Å². The topological polar surface area (TPSA) is 41.1 Å². The highest BCUT2D eigenvalue weighted by atomic mass is 32.2. The normalized spacial score (nSPS) is 16.3. The number of rotatable bonds is 5. The molecule has 0 saturated carbocycles. The predicted molar refractivity (Wildman–Crippen MR) is 79.0 cm³/mol. The fourth-order valence-electron chi connectivity index (χ4n) is 2.44. The van der Waals surface area contributed by atoms with E-state index in [0.717, 1.165) is 34.2 Å². The largest absolute Gasteiger partial charge is 0.497 e. The molecule has 0 bridgehead atoms. The summed E-state index contributed by atoms with van der Waals surface area (Å²) in [5, 5.41) is 1.00. The Balaban J connectivity index is 1.61. The van der Waals surface area contributed by atoms with E-state index in [1.807, 2.05) is 18.2 Å². The number of imidazole rings is 1. The fourth-order valence-corrected chi connectivity index (χ4v) is 3.33. The zero-order valence-corrected chi connectivity index (χ0v) is 12.0. The number of aromatic amines is 1. The number of likely N-dealkylation sites (tertiary alicyclic amines) is 1. The summed E-state index contributed by atoms with van der Waals surface area (Å²) in [6.45, 7) is 3.68. The molecule has 1 aliphatic rings. The highest BCUT2D eigenvalue weighted by Gasteiger charge is 2.11. The third-order valence-corrected chi connectivity index (χ3v) is 4.37. The van der Waals surface area contributed by atoms with Gasteiger partial charge in [0.05, 0.1) is 18.1 Å². The van der Waals surface area contributed by atoms with Gasteiger partial charge in [0.15, 0.2) is 5.16 Å². The van der Waals surface area contributed by atoms with Gasteiger partial charge in [0, 0.05) is 18.4 Å². The highest BCUT2D eigenvalue weighted by molar-refractivity contribution is 7.99. The monoisotopic (exact) mass is 277 g/mol. The molecule has 1 saturated heterocycles. The van der Waals surface area contributed by atoms with Crippen LogP contribution in [0, 0.1) is 0 Å². The summed E-state index contributed by atoms with van der Waals surface area (Å²) in [7, 11) is 1.68. The number of benzene rings is 1. The van der Waals surface area contributed by atoms with Gasteiger partial charge in [-0.05, 0) is 38.1 Å². The number of nitrogens with one attached hydrogen (secondary N) is 1. The Morgan fingerprint density at radius 2 is 2.21 bits per heavy atom. The van der Waals surface area contributed by atoms with Crippen molar-refractivity contribution >= 4 is 22.8 Å². The summed E-state index contributed by atoms with van der Waals surface area (Å²) in [5.74, 6) is 1.96. The molecule has 3 rings (SSSR count). The summed E-state index contributed by atoms with van der Waals surface area (Å²) < 4.78 is 5.22. The molecular formula is C14H19N3OS. The van der Waals surface area contributed by atoms with E-state index in [1.165, 1.54) is 25.9 Å². The molecule has 1 N–H and O–H groups in total. The number of fused-ring (bicyclic) bond motifs is 1. The van der Waals surface area contributed by atoms with Gasteiger partial charge in [0.1, 0.15) is 5.75 Å². The number of methoxy groups -OCH3 is 1. The van der Waals surface area contributed by atoms with Gasteiger partial charge in [-0.25, -0.2) is 4.98 Å². The number of ether oxygens (including phenoxy) is 1. The van der Waals surface area contributed by atoms with Crippen molar-refractivity contribution in [3.05, 3.63) is 18.2 Å². The van der Waals surface area contributed by atoms with Crippen molar-refractivity contribution in [2.45, 2.75) is 18.0 Å². The van der Waals surface area contributed by atoms with Crippen LogP contribution in [0.4, 0.5) is 0 Å². The van der Waals surface area contributed by atoms with E-state index in [4.69, 9.17) is 4.74 Å². The van der Waals surface area contributed by atoms with Gasteiger partial charge in [-0.2, -0.15) is 0 Å². The molecule has 0 unspecified atom stereocenters. The zero-order chi connectivity index (χ0) is 13.1. The lowest BCUT2D eigenvalue weighted by Gasteiger charge is -2.12. The second kappa shape index (κ2) is 5.84. The summed E-state index contributed by atoms with van der Waals surface area (Å²) in [6.07, 6.45) is 2.71. The molecule has 0 spiro atoms. The second-order valence-electron chi connectivity index (χ2n) is 4.82. The number of aromatic nitrogens is 2. The summed E-state index contributed by atoms with van der Waals surface area (Å²) >= 11 is 1.80. The lowest BCUT2D eigenvalue weighted by molar-refractivity contribution is 0.362. The number of thioether (sulfide) groups is 1. The first kappa shape index (κ1) is 12.8. The SMILES string of the molecule is COc1ccc2nc(SCCN3CCCC3)[nH]c2c1. The molecule has 1 aromatic heterocycles. The standard InChI is InChI=1S/C14H19N3OS/c1-18-11-4-5-12-13(10-11)16-14(15-12)19-9-8-17-6-2-3-7-17/h4-5,10H,2-3,6-9H2,1H3,(H,15,16). The van der Waals surface area contributed by atoms with Gasteiger partial charge >= 0.3 is 0 Å². The number of hydrogen-bond acceptors (Lipinski definition) is 4. The number of H-pyrrole nitrogens is 1. The van der Waals surface area contributed by atoms with Crippen LogP contribution in [0.2, 0.25) is 0 Å². The van der Waals surface area contributed by atoms with Crippen LogP contribution >= 0.6 is 11.8 Å². The molecule has 2 heterocycles. The Bertz CT molecular complexity index is 549. The Morgan fingerprint density at radius 1 is 1.37 bits per heavy atom. The zero-order valence-electron chi connectivity index (χ0n) is 11.2. The van der Waals surface area contributed by atoms with Crippen molar-refractivity contribution in [3.8, 4) is 5.75 Å². The Labute approximate surface area is 117 Å². The smallest absolute Gasteiger partial charge is 0.166 e. The van der Waals surface area contributed by atoms with Crippen LogP contribution in [0.25, 0.3) is 11.0 Å². The van der Waals surface area contributed by atoms with E-state index >= 15 is 0 Å². The molecule has 1 aromatic carbocycles. The maximum absolute atomic E-state index is 5.22. The molecule has 0 aliphatic carbocycles. The molecule has 4 nitrogen and oxygen atoms in total. The molecule has 2 aromatic rings. The number of hydrogen-bond donors (Lipinski definition) is 1. The van der Waals surface area contributed by atoms with Crippen molar-refractivity contribution < 1.29 is 4.74 Å².